The van der Waals surface area contributed by atoms with Crippen molar-refractivity contribution in [1.29, 1.82) is 0 Å². The molecule has 1 aromatic rings. The third-order valence-electron chi connectivity index (χ3n) is 2.31. The number of benzene rings is 1. The number of rotatable bonds is 7. The van der Waals surface area contributed by atoms with E-state index in [1.54, 1.807) is 0 Å². The van der Waals surface area contributed by atoms with E-state index in [0.717, 1.165) is 10.0 Å². The molecule has 0 amide bonds. The molecule has 1 unspecified atom stereocenters. The summed E-state index contributed by atoms with van der Waals surface area (Å²) in [5, 5.41) is 12.7. The number of nitrogens with zero attached hydrogens (tertiary/aromatic N) is 1. The summed E-state index contributed by atoms with van der Waals surface area (Å²) in [6, 6.07) is 7.46. The molecule has 0 aliphatic rings. The Kier molecular flexibility index (Phi) is 10.4. The van der Waals surface area contributed by atoms with Crippen LogP contribution in [0.2, 0.25) is 0 Å². The number of hydrogen-bond donors (Lipinski definition) is 3. The quantitative estimate of drug-likeness (QED) is 0.248. The number of guanidine groups is 1. The van der Waals surface area contributed by atoms with Gasteiger partial charge in [-0.2, -0.15) is 0 Å². The number of hydrogen-bond acceptors (Lipinski definition) is 3. The van der Waals surface area contributed by atoms with E-state index in [4.69, 9.17) is 10.5 Å². The monoisotopic (exact) mass is 469 g/mol. The van der Waals surface area contributed by atoms with E-state index in [2.05, 4.69) is 32.8 Å². The van der Waals surface area contributed by atoms with Gasteiger partial charge in [0.05, 0.1) is 11.0 Å². The number of nitrogens with one attached hydrogen (secondary N) is 1. The van der Waals surface area contributed by atoms with Gasteiger partial charge in [-0.25, -0.2) is 0 Å². The second-order valence-corrected chi connectivity index (χ2v) is 5.29. The highest BCUT2D eigenvalue weighted by atomic mass is 127. The van der Waals surface area contributed by atoms with Gasteiger partial charge in [0.25, 0.3) is 0 Å². The first kappa shape index (κ1) is 20.2. The molecule has 1 rings (SSSR count). The Labute approximate surface area is 150 Å². The van der Waals surface area contributed by atoms with Crippen molar-refractivity contribution in [2.45, 2.75) is 13.0 Å². The molecule has 118 valence electrons. The predicted octanol–water partition coefficient (Wildman–Crippen LogP) is 2.29. The zero-order valence-corrected chi connectivity index (χ0v) is 15.8. The zero-order valence-electron chi connectivity index (χ0n) is 11.9. The van der Waals surface area contributed by atoms with Crippen molar-refractivity contribution in [1.82, 2.24) is 5.32 Å². The van der Waals surface area contributed by atoms with Crippen LogP contribution < -0.4 is 15.8 Å². The number of para-hydroxylation sites is 1. The van der Waals surface area contributed by atoms with E-state index in [1.807, 2.05) is 31.2 Å². The van der Waals surface area contributed by atoms with Gasteiger partial charge in [0.1, 0.15) is 18.5 Å². The summed E-state index contributed by atoms with van der Waals surface area (Å²) >= 11 is 3.37. The summed E-state index contributed by atoms with van der Waals surface area (Å²) in [5.41, 5.74) is 6.60. The van der Waals surface area contributed by atoms with Crippen LogP contribution in [0.1, 0.15) is 6.92 Å². The molecule has 0 bridgehead atoms. The lowest BCUT2D eigenvalue weighted by atomic mass is 10.3. The first-order chi connectivity index (χ1) is 9.49. The fourth-order valence-electron chi connectivity index (χ4n) is 1.30. The van der Waals surface area contributed by atoms with Crippen molar-refractivity contribution in [2.24, 2.45) is 10.7 Å². The maximum atomic E-state index is 9.78. The molecular weight excluding hydrogens is 449 g/mol. The Morgan fingerprint density at radius 2 is 2.19 bits per heavy atom. The molecule has 4 N–H and O–H groups in total. The molecule has 1 aromatic carbocycles. The highest BCUT2D eigenvalue weighted by Crippen LogP contribution is 2.23. The van der Waals surface area contributed by atoms with E-state index in [1.165, 1.54) is 0 Å². The summed E-state index contributed by atoms with van der Waals surface area (Å²) in [6.07, 6.45) is -0.715. The second kappa shape index (κ2) is 10.9. The smallest absolute Gasteiger partial charge is 0.188 e. The maximum absolute atomic E-state index is 9.78. The SMILES string of the molecule is C=C(C)CNC(N)=NCC(O)COc1ccccc1Br.I. The molecule has 0 aromatic heterocycles. The predicted molar refractivity (Wildman–Crippen MR) is 100 cm³/mol. The van der Waals surface area contributed by atoms with Crippen LogP contribution in [0.15, 0.2) is 45.9 Å². The van der Waals surface area contributed by atoms with Crippen LogP contribution in [0.3, 0.4) is 0 Å². The number of ether oxygens (including phenoxy) is 1. The Morgan fingerprint density at radius 1 is 1.52 bits per heavy atom. The lowest BCUT2D eigenvalue weighted by Gasteiger charge is -2.12. The molecule has 0 aliphatic carbocycles. The fourth-order valence-corrected chi connectivity index (χ4v) is 1.70. The summed E-state index contributed by atoms with van der Waals surface area (Å²) in [6.45, 7) is 6.54. The molecule has 0 saturated heterocycles. The summed E-state index contributed by atoms with van der Waals surface area (Å²) in [5.74, 6) is 0.969. The normalized spacial score (nSPS) is 12.2. The van der Waals surface area contributed by atoms with Crippen molar-refractivity contribution in [3.05, 3.63) is 40.9 Å². The summed E-state index contributed by atoms with van der Waals surface area (Å²) in [4.78, 5) is 4.03. The largest absolute Gasteiger partial charge is 0.490 e. The molecule has 0 saturated carbocycles. The van der Waals surface area contributed by atoms with Crippen molar-refractivity contribution in [2.75, 3.05) is 19.7 Å². The topological polar surface area (TPSA) is 79.9 Å². The average Bonchev–Trinajstić information content (AvgIpc) is 2.42. The van der Waals surface area contributed by atoms with Crippen LogP contribution in [-0.4, -0.2) is 36.9 Å². The minimum absolute atomic E-state index is 0. The lowest BCUT2D eigenvalue weighted by molar-refractivity contribution is 0.114. The molecule has 21 heavy (non-hydrogen) atoms. The maximum Gasteiger partial charge on any atom is 0.188 e. The van der Waals surface area contributed by atoms with Gasteiger partial charge >= 0.3 is 0 Å². The molecule has 0 spiro atoms. The second-order valence-electron chi connectivity index (χ2n) is 4.43. The van der Waals surface area contributed by atoms with Gasteiger partial charge in [0.2, 0.25) is 0 Å². The number of aliphatic hydroxyl groups is 1. The van der Waals surface area contributed by atoms with Gasteiger partial charge in [-0.05, 0) is 35.0 Å². The van der Waals surface area contributed by atoms with E-state index >= 15 is 0 Å². The Morgan fingerprint density at radius 3 is 2.81 bits per heavy atom. The highest BCUT2D eigenvalue weighted by Gasteiger charge is 2.06. The Hall–Kier alpha value is -0.800. The van der Waals surface area contributed by atoms with Crippen LogP contribution in [-0.2, 0) is 0 Å². The third kappa shape index (κ3) is 8.94. The van der Waals surface area contributed by atoms with Crippen molar-refractivity contribution in [3.63, 3.8) is 0 Å². The van der Waals surface area contributed by atoms with E-state index in [9.17, 15) is 5.11 Å². The standard InChI is InChI=1S/C14H20BrN3O2.HI/c1-10(2)7-17-14(16)18-8-11(19)9-20-13-6-4-3-5-12(13)15;/h3-6,11,19H,1,7-9H2,2H3,(H3,16,17,18);1H. The number of nitrogens with two attached hydrogens (primary N) is 1. The molecule has 7 heteroatoms. The van der Waals surface area contributed by atoms with Crippen LogP contribution in [0.25, 0.3) is 0 Å². The number of aliphatic hydroxyl groups excluding tert-OH is 1. The summed E-state index contributed by atoms with van der Waals surface area (Å²) in [7, 11) is 0. The lowest BCUT2D eigenvalue weighted by Crippen LogP contribution is -2.34. The molecular formula is C14H21BrIN3O2. The minimum Gasteiger partial charge on any atom is -0.490 e. The van der Waals surface area contributed by atoms with Crippen molar-refractivity contribution >= 4 is 45.9 Å². The zero-order chi connectivity index (χ0) is 15.0. The first-order valence-electron chi connectivity index (χ1n) is 6.22. The van der Waals surface area contributed by atoms with Gasteiger partial charge in [-0.3, -0.25) is 4.99 Å². The average molecular weight is 470 g/mol. The van der Waals surface area contributed by atoms with Crippen molar-refractivity contribution < 1.29 is 9.84 Å². The van der Waals surface area contributed by atoms with Gasteiger partial charge in [-0.1, -0.05) is 24.3 Å². The first-order valence-corrected chi connectivity index (χ1v) is 7.02. The Bertz CT molecular complexity index is 483. The molecule has 0 fully saturated rings. The third-order valence-corrected chi connectivity index (χ3v) is 2.97. The molecule has 0 heterocycles. The van der Waals surface area contributed by atoms with Gasteiger partial charge < -0.3 is 20.9 Å². The fraction of sp³-hybridized carbons (Fsp3) is 0.357. The highest BCUT2D eigenvalue weighted by molar-refractivity contribution is 14.0. The van der Waals surface area contributed by atoms with Gasteiger partial charge in [-0.15, -0.1) is 24.0 Å². The van der Waals surface area contributed by atoms with Gasteiger partial charge in [0.15, 0.2) is 5.96 Å². The Balaban J connectivity index is 0.00000400. The van der Waals surface area contributed by atoms with E-state index in [-0.39, 0.29) is 43.1 Å². The van der Waals surface area contributed by atoms with E-state index < -0.39 is 6.10 Å². The van der Waals surface area contributed by atoms with Crippen LogP contribution >= 0.6 is 39.9 Å². The summed E-state index contributed by atoms with van der Waals surface area (Å²) < 4.78 is 6.33. The van der Waals surface area contributed by atoms with Crippen LogP contribution in [0, 0.1) is 0 Å². The van der Waals surface area contributed by atoms with Crippen LogP contribution in [0.5, 0.6) is 5.75 Å². The molecule has 0 radical (unpaired) electrons. The van der Waals surface area contributed by atoms with Crippen molar-refractivity contribution in [3.8, 4) is 5.75 Å². The van der Waals surface area contributed by atoms with Gasteiger partial charge in [0, 0.05) is 6.54 Å². The van der Waals surface area contributed by atoms with Crippen LogP contribution in [0.4, 0.5) is 0 Å². The molecule has 0 aliphatic heterocycles. The molecule has 5 nitrogen and oxygen atoms in total. The number of aliphatic imine (C=N–C) groups is 1. The number of halogens is 2. The molecule has 1 atom stereocenters. The van der Waals surface area contributed by atoms with E-state index in [0.29, 0.717) is 12.3 Å². The minimum atomic E-state index is -0.715.